The van der Waals surface area contributed by atoms with Gasteiger partial charge >= 0.3 is 0 Å². The van der Waals surface area contributed by atoms with Gasteiger partial charge in [0.15, 0.2) is 0 Å². The summed E-state index contributed by atoms with van der Waals surface area (Å²) in [6.07, 6.45) is 17.6. The maximum atomic E-state index is 13.7. The first kappa shape index (κ1) is 32.3. The highest BCUT2D eigenvalue weighted by Gasteiger charge is 2.37. The molecule has 204 valence electrons. The molecule has 0 atom stereocenters. The second-order valence-electron chi connectivity index (χ2n) is 9.09. The third-order valence-corrected chi connectivity index (χ3v) is 6.71. The van der Waals surface area contributed by atoms with Gasteiger partial charge in [-0.05, 0) is 70.2 Å². The van der Waals surface area contributed by atoms with E-state index in [-0.39, 0.29) is 5.91 Å². The molecule has 0 spiro atoms. The van der Waals surface area contributed by atoms with Crippen LogP contribution in [0.3, 0.4) is 0 Å². The fourth-order valence-corrected chi connectivity index (χ4v) is 3.99. The summed E-state index contributed by atoms with van der Waals surface area (Å²) >= 11 is 0. The number of amides is 1. The molecule has 1 amide bonds. The van der Waals surface area contributed by atoms with E-state index in [0.717, 1.165) is 23.3 Å². The fraction of sp³-hybridized carbons (Fsp3) is 0.438. The summed E-state index contributed by atoms with van der Waals surface area (Å²) in [5.74, 6) is 0.523. The van der Waals surface area contributed by atoms with Crippen molar-refractivity contribution in [2.24, 2.45) is 5.41 Å². The second kappa shape index (κ2) is 16.9. The summed E-state index contributed by atoms with van der Waals surface area (Å²) in [7, 11) is 1.58. The number of carbonyl (C=O) groups excluding carboxylic acids is 1. The van der Waals surface area contributed by atoms with Crippen LogP contribution in [0.4, 0.5) is 0 Å². The van der Waals surface area contributed by atoms with Crippen LogP contribution in [0.5, 0.6) is 0 Å². The standard InChI is InChI=1S/C30H38N4O2.C2H6/c1-7-23(3)10-9-11-27(25(5)28-14-17-32-22-33-28)29(35)34-18-15-30(21-31,16-19-34)20-26(8-2)13-12-24(4)36-6;1-2/h8-14,17,22H,4,7,15-16,18-20H2,1-3,5-6H3;1-2H3/b11-9-,13-12-,23-10+,26-8+,27-25-;. The predicted molar refractivity (Wildman–Crippen MR) is 157 cm³/mol. The monoisotopic (exact) mass is 516 g/mol. The van der Waals surface area contributed by atoms with Crippen molar-refractivity contribution in [3.05, 3.63) is 89.8 Å². The minimum Gasteiger partial charge on any atom is -0.497 e. The zero-order valence-corrected chi connectivity index (χ0v) is 24.3. The molecule has 1 fully saturated rings. The molecule has 1 aromatic rings. The molecule has 0 saturated carbocycles. The largest absolute Gasteiger partial charge is 0.497 e. The van der Waals surface area contributed by atoms with E-state index in [1.165, 1.54) is 11.9 Å². The molecular weight excluding hydrogens is 472 g/mol. The van der Waals surface area contributed by atoms with Crippen LogP contribution in [0.25, 0.3) is 5.57 Å². The molecule has 2 rings (SSSR count). The lowest BCUT2D eigenvalue weighted by molar-refractivity contribution is -0.128. The Hall–Kier alpha value is -3.72. The highest BCUT2D eigenvalue weighted by atomic mass is 16.5. The lowest BCUT2D eigenvalue weighted by atomic mass is 9.74. The molecule has 1 aliphatic heterocycles. The Morgan fingerprint density at radius 3 is 2.45 bits per heavy atom. The number of hydrogen-bond acceptors (Lipinski definition) is 5. The number of allylic oxidation sites excluding steroid dienone is 8. The van der Waals surface area contributed by atoms with E-state index in [1.807, 2.05) is 75.1 Å². The number of aromatic nitrogens is 2. The SMILES string of the molecule is C=C(/C=C\C(=C/C)CC1(C#N)CCN(C(=O)C(/C=C\C=C(/C)CC)=C(/C)c2ccncn2)CC1)OC.CC. The maximum absolute atomic E-state index is 13.7. The van der Waals surface area contributed by atoms with Gasteiger partial charge in [0.1, 0.15) is 12.1 Å². The zero-order chi connectivity index (χ0) is 28.6. The van der Waals surface area contributed by atoms with Crippen LogP contribution in [0.2, 0.25) is 0 Å². The summed E-state index contributed by atoms with van der Waals surface area (Å²) in [6.45, 7) is 16.9. The zero-order valence-electron chi connectivity index (χ0n) is 24.3. The molecule has 0 aromatic carbocycles. The summed E-state index contributed by atoms with van der Waals surface area (Å²) in [6, 6.07) is 4.37. The molecule has 6 nitrogen and oxygen atoms in total. The van der Waals surface area contributed by atoms with Gasteiger partial charge in [-0.3, -0.25) is 4.79 Å². The molecule has 0 N–H and O–H groups in total. The molecule has 2 heterocycles. The molecular formula is C32H44N4O2. The first-order chi connectivity index (χ1) is 18.3. The third-order valence-electron chi connectivity index (χ3n) is 6.71. The normalized spacial score (nSPS) is 16.4. The Kier molecular flexibility index (Phi) is 14.4. The first-order valence-corrected chi connectivity index (χ1v) is 13.4. The molecule has 38 heavy (non-hydrogen) atoms. The lowest BCUT2D eigenvalue weighted by Crippen LogP contribution is -2.43. The number of nitrogens with zero attached hydrogens (tertiary/aromatic N) is 4. The number of nitriles is 1. The van der Waals surface area contributed by atoms with Crippen LogP contribution < -0.4 is 0 Å². The van der Waals surface area contributed by atoms with Gasteiger partial charge in [0.25, 0.3) is 5.91 Å². The van der Waals surface area contributed by atoms with Crippen molar-refractivity contribution < 1.29 is 9.53 Å². The smallest absolute Gasteiger partial charge is 0.254 e. The highest BCUT2D eigenvalue weighted by molar-refractivity contribution is 6.03. The number of rotatable bonds is 10. The van der Waals surface area contributed by atoms with Crippen LogP contribution >= 0.6 is 0 Å². The van der Waals surface area contributed by atoms with Crippen molar-refractivity contribution in [2.45, 2.75) is 67.2 Å². The number of likely N-dealkylation sites (tertiary alicyclic amines) is 1. The molecule has 0 radical (unpaired) electrons. The Morgan fingerprint density at radius 2 is 1.92 bits per heavy atom. The summed E-state index contributed by atoms with van der Waals surface area (Å²) in [5, 5.41) is 10.1. The van der Waals surface area contributed by atoms with Gasteiger partial charge in [0, 0.05) is 24.9 Å². The van der Waals surface area contributed by atoms with E-state index in [2.05, 4.69) is 36.5 Å². The molecule has 0 bridgehead atoms. The van der Waals surface area contributed by atoms with Gasteiger partial charge < -0.3 is 9.64 Å². The van der Waals surface area contributed by atoms with Crippen LogP contribution in [0, 0.1) is 16.7 Å². The van der Waals surface area contributed by atoms with E-state index >= 15 is 0 Å². The van der Waals surface area contributed by atoms with Crippen LogP contribution in [0.15, 0.2) is 84.1 Å². The van der Waals surface area contributed by atoms with Crippen LogP contribution in [0.1, 0.15) is 72.9 Å². The van der Waals surface area contributed by atoms with E-state index in [9.17, 15) is 10.1 Å². The van der Waals surface area contributed by atoms with Crippen molar-refractivity contribution in [2.75, 3.05) is 20.2 Å². The first-order valence-electron chi connectivity index (χ1n) is 13.4. The quantitative estimate of drug-likeness (QED) is 0.184. The Labute approximate surface area is 229 Å². The average molecular weight is 517 g/mol. The number of methoxy groups -OCH3 is 1. The Balaban J connectivity index is 0.00000352. The van der Waals surface area contributed by atoms with Crippen LogP contribution in [-0.4, -0.2) is 41.0 Å². The molecule has 1 aromatic heterocycles. The summed E-state index contributed by atoms with van der Waals surface area (Å²) in [4.78, 5) is 23.9. The Morgan fingerprint density at radius 1 is 1.24 bits per heavy atom. The van der Waals surface area contributed by atoms with Gasteiger partial charge in [0.05, 0.1) is 24.3 Å². The van der Waals surface area contributed by atoms with Gasteiger partial charge in [0.2, 0.25) is 0 Å². The van der Waals surface area contributed by atoms with E-state index in [0.29, 0.717) is 43.7 Å². The van der Waals surface area contributed by atoms with E-state index in [1.54, 1.807) is 13.3 Å². The fourth-order valence-electron chi connectivity index (χ4n) is 3.99. The van der Waals surface area contributed by atoms with Gasteiger partial charge in [-0.25, -0.2) is 9.97 Å². The maximum Gasteiger partial charge on any atom is 0.254 e. The van der Waals surface area contributed by atoms with Crippen molar-refractivity contribution in [1.29, 1.82) is 5.26 Å². The number of hydrogen-bond donors (Lipinski definition) is 0. The second-order valence-corrected chi connectivity index (χ2v) is 9.09. The van der Waals surface area contributed by atoms with Crippen molar-refractivity contribution >= 4 is 11.5 Å². The summed E-state index contributed by atoms with van der Waals surface area (Å²) < 4.78 is 5.11. The van der Waals surface area contributed by atoms with Gasteiger partial charge in [-0.15, -0.1) is 0 Å². The van der Waals surface area contributed by atoms with Crippen molar-refractivity contribution in [1.82, 2.24) is 14.9 Å². The molecule has 1 aliphatic rings. The number of piperidine rings is 1. The minimum atomic E-state index is -0.514. The van der Waals surface area contributed by atoms with Crippen LogP contribution in [-0.2, 0) is 9.53 Å². The molecule has 0 unspecified atom stereocenters. The van der Waals surface area contributed by atoms with Gasteiger partial charge in [-0.1, -0.05) is 62.8 Å². The average Bonchev–Trinajstić information content (AvgIpc) is 2.98. The van der Waals surface area contributed by atoms with Crippen molar-refractivity contribution in [3.63, 3.8) is 0 Å². The van der Waals surface area contributed by atoms with E-state index in [4.69, 9.17) is 4.74 Å². The highest BCUT2D eigenvalue weighted by Crippen LogP contribution is 2.38. The molecule has 6 heteroatoms. The topological polar surface area (TPSA) is 79.1 Å². The minimum absolute atomic E-state index is 0.0426. The molecule has 0 aliphatic carbocycles. The predicted octanol–water partition coefficient (Wildman–Crippen LogP) is 7.37. The van der Waals surface area contributed by atoms with Gasteiger partial charge in [-0.2, -0.15) is 5.26 Å². The van der Waals surface area contributed by atoms with E-state index < -0.39 is 5.41 Å². The summed E-state index contributed by atoms with van der Waals surface area (Å²) in [5.41, 5.74) is 3.90. The molecule has 1 saturated heterocycles. The Bertz CT molecular complexity index is 1110. The lowest BCUT2D eigenvalue weighted by Gasteiger charge is -2.38. The third kappa shape index (κ3) is 9.63. The number of ether oxygens (including phenoxy) is 1. The van der Waals surface area contributed by atoms with Crippen molar-refractivity contribution in [3.8, 4) is 6.07 Å². The number of carbonyl (C=O) groups is 1.